The first-order valence-electron chi connectivity index (χ1n) is 7.66. The maximum Gasteiger partial charge on any atom is 0.474 e. The lowest BCUT2D eigenvalue weighted by Gasteiger charge is -2.25. The Hall–Kier alpha value is -1.62. The minimum Gasteiger partial charge on any atom is -0.392 e. The van der Waals surface area contributed by atoms with Gasteiger partial charge < -0.3 is 20.5 Å². The van der Waals surface area contributed by atoms with Gasteiger partial charge in [-0.25, -0.2) is 19.5 Å². The van der Waals surface area contributed by atoms with Crippen LogP contribution in [-0.2, 0) is 18.3 Å². The van der Waals surface area contributed by atoms with Crippen molar-refractivity contribution >= 4 is 24.8 Å². The maximum atomic E-state index is 11.9. The summed E-state index contributed by atoms with van der Waals surface area (Å²) >= 11 is 0. The average molecular weight is 375 g/mol. The monoisotopic (exact) mass is 375 g/mol. The molecule has 12 heteroatoms. The van der Waals surface area contributed by atoms with Crippen LogP contribution in [0.1, 0.15) is 33.4 Å². The second-order valence-electron chi connectivity index (χ2n) is 5.42. The number of phosphoric acid groups is 1. The van der Waals surface area contributed by atoms with Crippen molar-refractivity contribution in [1.82, 2.24) is 19.5 Å². The Morgan fingerprint density at radius 2 is 2.04 bits per heavy atom. The van der Waals surface area contributed by atoms with E-state index in [0.29, 0.717) is 11.2 Å². The van der Waals surface area contributed by atoms with E-state index in [4.69, 9.17) is 19.5 Å². The fraction of sp³-hybridized carbons (Fsp3) is 0.615. The Bertz CT molecular complexity index is 754. The van der Waals surface area contributed by atoms with Gasteiger partial charge in [-0.05, 0) is 20.3 Å². The molecule has 2 aromatic rings. The normalized spacial score (nSPS) is 16.9. The molecule has 0 aliphatic heterocycles. The summed E-state index contributed by atoms with van der Waals surface area (Å²) in [6.45, 7) is 4.45. The zero-order chi connectivity index (χ0) is 18.6. The number of nitrogens with two attached hydrogens (primary N) is 1. The molecule has 0 fully saturated rings. The summed E-state index contributed by atoms with van der Waals surface area (Å²) in [5, 5.41) is 9.65. The molecule has 0 bridgehead atoms. The standard InChI is InChI=1S/C13H22N5O6P/c1-4-10(24-25(20,21)23-8(2)3)22-9(5-19)18-7-17-11-12(14)15-6-16-13(11)18/h6-10,19H,4-5H2,1-3H3,(H,20,21)(H2,14,15,16)/t9-,10+/m1/s1. The molecule has 3 atom stereocenters. The second-order valence-corrected chi connectivity index (χ2v) is 6.78. The number of hydrogen-bond acceptors (Lipinski definition) is 9. The minimum atomic E-state index is -4.30. The van der Waals surface area contributed by atoms with Crippen LogP contribution < -0.4 is 5.73 Å². The van der Waals surface area contributed by atoms with Crippen LogP contribution in [0.25, 0.3) is 11.2 Å². The topological polar surface area (TPSA) is 155 Å². The largest absolute Gasteiger partial charge is 0.474 e. The number of anilines is 1. The third-order valence-corrected chi connectivity index (χ3v) is 4.28. The van der Waals surface area contributed by atoms with Gasteiger partial charge in [0.1, 0.15) is 11.8 Å². The van der Waals surface area contributed by atoms with Gasteiger partial charge in [0.05, 0.1) is 19.0 Å². The molecule has 0 aliphatic rings. The van der Waals surface area contributed by atoms with E-state index >= 15 is 0 Å². The van der Waals surface area contributed by atoms with Gasteiger partial charge >= 0.3 is 7.82 Å². The number of imidazole rings is 1. The molecule has 0 aliphatic carbocycles. The number of phosphoric ester groups is 1. The van der Waals surface area contributed by atoms with Gasteiger partial charge in [-0.15, -0.1) is 0 Å². The van der Waals surface area contributed by atoms with Crippen LogP contribution in [0.4, 0.5) is 5.82 Å². The highest BCUT2D eigenvalue weighted by atomic mass is 31.2. The number of rotatable bonds is 9. The van der Waals surface area contributed by atoms with Gasteiger partial charge in [0, 0.05) is 0 Å². The summed E-state index contributed by atoms with van der Waals surface area (Å²) < 4.78 is 28.8. The van der Waals surface area contributed by atoms with Crippen molar-refractivity contribution in [2.75, 3.05) is 12.3 Å². The Kier molecular flexibility index (Phi) is 6.44. The van der Waals surface area contributed by atoms with Crippen molar-refractivity contribution in [2.24, 2.45) is 0 Å². The Labute approximate surface area is 144 Å². The summed E-state index contributed by atoms with van der Waals surface area (Å²) in [5.74, 6) is 0.189. The molecule has 1 unspecified atom stereocenters. The molecule has 2 heterocycles. The number of hydrogen-bond donors (Lipinski definition) is 3. The predicted molar refractivity (Wildman–Crippen MR) is 88.2 cm³/mol. The smallest absolute Gasteiger partial charge is 0.392 e. The van der Waals surface area contributed by atoms with Crippen LogP contribution in [0.15, 0.2) is 12.7 Å². The molecule has 25 heavy (non-hydrogen) atoms. The van der Waals surface area contributed by atoms with E-state index in [2.05, 4.69) is 15.0 Å². The van der Waals surface area contributed by atoms with Crippen molar-refractivity contribution in [3.05, 3.63) is 12.7 Å². The van der Waals surface area contributed by atoms with Crippen LogP contribution >= 0.6 is 7.82 Å². The Balaban J connectivity index is 2.19. The van der Waals surface area contributed by atoms with Crippen molar-refractivity contribution in [3.8, 4) is 0 Å². The quantitative estimate of drug-likeness (QED) is 0.430. The van der Waals surface area contributed by atoms with Crippen LogP contribution in [0.5, 0.6) is 0 Å². The average Bonchev–Trinajstić information content (AvgIpc) is 2.95. The number of aromatic nitrogens is 4. The predicted octanol–water partition coefficient (Wildman–Crippen LogP) is 1.19. The van der Waals surface area contributed by atoms with Gasteiger partial charge in [0.2, 0.25) is 0 Å². The third kappa shape index (κ3) is 4.94. The lowest BCUT2D eigenvalue weighted by atomic mass is 10.4. The van der Waals surface area contributed by atoms with E-state index in [0.717, 1.165) is 0 Å². The fourth-order valence-electron chi connectivity index (χ4n) is 2.09. The van der Waals surface area contributed by atoms with Gasteiger partial charge in [0.25, 0.3) is 0 Å². The summed E-state index contributed by atoms with van der Waals surface area (Å²) in [6, 6.07) is 0. The molecule has 0 amide bonds. The zero-order valence-corrected chi connectivity index (χ0v) is 15.0. The van der Waals surface area contributed by atoms with Crippen molar-refractivity contribution in [2.45, 2.75) is 45.8 Å². The molecule has 0 saturated heterocycles. The van der Waals surface area contributed by atoms with Crippen LogP contribution in [-0.4, -0.2) is 48.5 Å². The third-order valence-electron chi connectivity index (χ3n) is 3.09. The molecule has 11 nitrogen and oxygen atoms in total. The molecule has 0 spiro atoms. The van der Waals surface area contributed by atoms with Crippen LogP contribution in [0.2, 0.25) is 0 Å². The molecule has 4 N–H and O–H groups in total. The van der Waals surface area contributed by atoms with E-state index in [1.54, 1.807) is 20.8 Å². The van der Waals surface area contributed by atoms with Crippen LogP contribution in [0.3, 0.4) is 0 Å². The highest BCUT2D eigenvalue weighted by molar-refractivity contribution is 7.47. The minimum absolute atomic E-state index is 0.189. The second kappa shape index (κ2) is 8.17. The first kappa shape index (κ1) is 19.7. The van der Waals surface area contributed by atoms with Gasteiger partial charge in [-0.1, -0.05) is 6.92 Å². The van der Waals surface area contributed by atoms with E-state index in [-0.39, 0.29) is 12.2 Å². The molecule has 0 aromatic carbocycles. The van der Waals surface area contributed by atoms with Crippen molar-refractivity contribution < 1.29 is 28.3 Å². The summed E-state index contributed by atoms with van der Waals surface area (Å²) in [6.07, 6.45) is 0.334. The first-order valence-corrected chi connectivity index (χ1v) is 9.15. The van der Waals surface area contributed by atoms with E-state index in [1.165, 1.54) is 17.2 Å². The van der Waals surface area contributed by atoms with Crippen molar-refractivity contribution in [1.29, 1.82) is 0 Å². The van der Waals surface area contributed by atoms with Crippen molar-refractivity contribution in [3.63, 3.8) is 0 Å². The number of nitrogens with zero attached hydrogens (tertiary/aromatic N) is 4. The summed E-state index contributed by atoms with van der Waals surface area (Å²) in [5.41, 5.74) is 6.44. The number of aliphatic hydroxyl groups is 1. The Morgan fingerprint density at radius 3 is 2.64 bits per heavy atom. The van der Waals surface area contributed by atoms with E-state index in [1.807, 2.05) is 0 Å². The lowest BCUT2D eigenvalue weighted by Crippen LogP contribution is -2.25. The highest BCUT2D eigenvalue weighted by Gasteiger charge is 2.30. The van der Waals surface area contributed by atoms with Crippen LogP contribution in [0, 0.1) is 0 Å². The molecule has 140 valence electrons. The summed E-state index contributed by atoms with van der Waals surface area (Å²) in [7, 11) is -4.30. The molecular weight excluding hydrogens is 353 g/mol. The van der Waals surface area contributed by atoms with Gasteiger partial charge in [0.15, 0.2) is 24.0 Å². The maximum absolute atomic E-state index is 11.9. The number of nitrogen functional groups attached to an aromatic ring is 1. The fourth-order valence-corrected chi connectivity index (χ4v) is 3.17. The number of fused-ring (bicyclic) bond motifs is 1. The zero-order valence-electron chi connectivity index (χ0n) is 14.1. The van der Waals surface area contributed by atoms with Gasteiger partial charge in [-0.2, -0.15) is 0 Å². The number of ether oxygens (including phenoxy) is 1. The first-order chi connectivity index (χ1) is 11.8. The summed E-state index contributed by atoms with van der Waals surface area (Å²) in [4.78, 5) is 21.7. The highest BCUT2D eigenvalue weighted by Crippen LogP contribution is 2.46. The molecule has 2 rings (SSSR count). The SMILES string of the molecule is CC[C@@H](O[C@H](CO)n1cnc2c(N)ncnc21)OP(=O)(O)OC(C)C. The number of aliphatic hydroxyl groups excluding tert-OH is 1. The lowest BCUT2D eigenvalue weighted by molar-refractivity contribution is -0.167. The molecular formula is C13H22N5O6P. The Morgan fingerprint density at radius 1 is 1.32 bits per heavy atom. The van der Waals surface area contributed by atoms with Gasteiger partial charge in [-0.3, -0.25) is 13.6 Å². The molecule has 0 saturated carbocycles. The molecule has 0 radical (unpaired) electrons. The molecule has 2 aromatic heterocycles. The van der Waals surface area contributed by atoms with E-state index in [9.17, 15) is 14.6 Å². The van der Waals surface area contributed by atoms with E-state index < -0.39 is 33.1 Å².